The Morgan fingerprint density at radius 2 is 2.29 bits per heavy atom. The fourth-order valence-corrected chi connectivity index (χ4v) is 1.24. The van der Waals surface area contributed by atoms with Crippen molar-refractivity contribution in [3.8, 4) is 0 Å². The number of nitrogens with two attached hydrogens (primary N) is 1. The van der Waals surface area contributed by atoms with Gasteiger partial charge in [-0.15, -0.1) is 12.4 Å². The predicted octanol–water partition coefficient (Wildman–Crippen LogP) is 0.441. The van der Waals surface area contributed by atoms with Gasteiger partial charge in [-0.05, 0) is 26.7 Å². The van der Waals surface area contributed by atoms with Crippen LogP contribution < -0.4 is 11.1 Å². The Labute approximate surface area is 91.0 Å². The van der Waals surface area contributed by atoms with Crippen LogP contribution in [0.2, 0.25) is 0 Å². The lowest BCUT2D eigenvalue weighted by Gasteiger charge is -2.19. The zero-order valence-electron chi connectivity index (χ0n) is 8.71. The third kappa shape index (κ3) is 4.26. The molecule has 1 aliphatic rings. The van der Waals surface area contributed by atoms with Crippen molar-refractivity contribution in [1.29, 1.82) is 0 Å². The van der Waals surface area contributed by atoms with Crippen molar-refractivity contribution in [2.24, 2.45) is 5.73 Å². The van der Waals surface area contributed by atoms with Gasteiger partial charge in [-0.25, -0.2) is 0 Å². The monoisotopic (exact) mass is 222 g/mol. The lowest BCUT2D eigenvalue weighted by Crippen LogP contribution is -2.50. The Morgan fingerprint density at radius 1 is 1.64 bits per heavy atom. The molecule has 1 amide bonds. The number of nitrogens with one attached hydrogen (secondary N) is 1. The van der Waals surface area contributed by atoms with Crippen LogP contribution in [0.3, 0.4) is 0 Å². The highest BCUT2D eigenvalue weighted by Crippen LogP contribution is 2.10. The van der Waals surface area contributed by atoms with Gasteiger partial charge < -0.3 is 15.8 Å². The van der Waals surface area contributed by atoms with Gasteiger partial charge in [0.1, 0.15) is 0 Å². The molecule has 1 fully saturated rings. The van der Waals surface area contributed by atoms with Gasteiger partial charge in [0.15, 0.2) is 0 Å². The van der Waals surface area contributed by atoms with Crippen LogP contribution in [0.1, 0.15) is 26.7 Å². The van der Waals surface area contributed by atoms with E-state index in [9.17, 15) is 4.79 Å². The van der Waals surface area contributed by atoms with Crippen molar-refractivity contribution in [2.45, 2.75) is 38.3 Å². The number of hydrogen-bond acceptors (Lipinski definition) is 3. The highest BCUT2D eigenvalue weighted by atomic mass is 35.5. The molecule has 1 rings (SSSR count). The average Bonchev–Trinajstić information content (AvgIpc) is 2.50. The minimum absolute atomic E-state index is 0. The summed E-state index contributed by atoms with van der Waals surface area (Å²) >= 11 is 0. The summed E-state index contributed by atoms with van der Waals surface area (Å²) in [4.78, 5) is 11.3. The van der Waals surface area contributed by atoms with E-state index in [1.807, 2.05) is 0 Å². The summed E-state index contributed by atoms with van der Waals surface area (Å²) in [5.41, 5.74) is 4.82. The van der Waals surface area contributed by atoms with Gasteiger partial charge in [0, 0.05) is 13.2 Å². The first kappa shape index (κ1) is 13.7. The molecule has 1 atom stereocenters. The van der Waals surface area contributed by atoms with Crippen LogP contribution in [0.5, 0.6) is 0 Å². The van der Waals surface area contributed by atoms with Gasteiger partial charge in [0.05, 0.1) is 11.6 Å². The van der Waals surface area contributed by atoms with Crippen LogP contribution in [0, 0.1) is 0 Å². The Kier molecular flexibility index (Phi) is 5.41. The first-order valence-electron chi connectivity index (χ1n) is 4.69. The normalized spacial score (nSPS) is 21.5. The summed E-state index contributed by atoms with van der Waals surface area (Å²) < 4.78 is 5.36. The number of carbonyl (C=O) groups excluding carboxylic acids is 1. The predicted molar refractivity (Wildman–Crippen MR) is 57.5 cm³/mol. The summed E-state index contributed by atoms with van der Waals surface area (Å²) in [7, 11) is 0. The zero-order chi connectivity index (χ0) is 9.90. The highest BCUT2D eigenvalue weighted by Gasteiger charge is 2.23. The zero-order valence-corrected chi connectivity index (χ0v) is 9.52. The fraction of sp³-hybridized carbons (Fsp3) is 0.889. The van der Waals surface area contributed by atoms with Crippen molar-refractivity contribution in [1.82, 2.24) is 5.32 Å². The van der Waals surface area contributed by atoms with E-state index in [1.54, 1.807) is 13.8 Å². The first-order chi connectivity index (χ1) is 6.00. The van der Waals surface area contributed by atoms with Crippen molar-refractivity contribution >= 4 is 18.3 Å². The van der Waals surface area contributed by atoms with Gasteiger partial charge in [0.2, 0.25) is 5.91 Å². The molecule has 1 aliphatic heterocycles. The fourth-order valence-electron chi connectivity index (χ4n) is 1.24. The molecule has 0 radical (unpaired) electrons. The SMILES string of the molecule is CC(C)(N)C(=O)NCC1CCCO1.Cl. The molecule has 0 aromatic carbocycles. The van der Waals surface area contributed by atoms with Crippen LogP contribution >= 0.6 is 12.4 Å². The molecule has 1 unspecified atom stereocenters. The second-order valence-electron chi connectivity index (χ2n) is 4.07. The molecule has 84 valence electrons. The average molecular weight is 223 g/mol. The van der Waals surface area contributed by atoms with Gasteiger partial charge in [-0.3, -0.25) is 4.79 Å². The second kappa shape index (κ2) is 5.53. The molecular formula is C9H19ClN2O2. The van der Waals surface area contributed by atoms with Gasteiger partial charge in [-0.2, -0.15) is 0 Å². The molecule has 4 nitrogen and oxygen atoms in total. The molecule has 1 saturated heterocycles. The van der Waals surface area contributed by atoms with Gasteiger partial charge in [-0.1, -0.05) is 0 Å². The van der Waals surface area contributed by atoms with Crippen LogP contribution in [0.4, 0.5) is 0 Å². The van der Waals surface area contributed by atoms with E-state index < -0.39 is 5.54 Å². The van der Waals surface area contributed by atoms with Crippen molar-refractivity contribution in [3.05, 3.63) is 0 Å². The quantitative estimate of drug-likeness (QED) is 0.729. The number of ether oxygens (including phenoxy) is 1. The maximum Gasteiger partial charge on any atom is 0.239 e. The summed E-state index contributed by atoms with van der Waals surface area (Å²) in [5, 5.41) is 2.78. The molecule has 0 spiro atoms. The van der Waals surface area contributed by atoms with Crippen LogP contribution in [-0.4, -0.2) is 30.7 Å². The summed E-state index contributed by atoms with van der Waals surface area (Å²) in [6.07, 6.45) is 2.31. The standard InChI is InChI=1S/C9H18N2O2.ClH/c1-9(2,10)8(12)11-6-7-4-3-5-13-7;/h7H,3-6,10H2,1-2H3,(H,11,12);1H. The number of rotatable bonds is 3. The molecule has 3 N–H and O–H groups in total. The van der Waals surface area contributed by atoms with E-state index in [0.29, 0.717) is 6.54 Å². The maximum absolute atomic E-state index is 11.3. The molecule has 0 bridgehead atoms. The molecule has 0 saturated carbocycles. The number of amides is 1. The lowest BCUT2D eigenvalue weighted by atomic mass is 10.1. The Morgan fingerprint density at radius 3 is 2.71 bits per heavy atom. The Bertz CT molecular complexity index is 186. The van der Waals surface area contributed by atoms with E-state index in [-0.39, 0.29) is 24.4 Å². The number of carbonyl (C=O) groups is 1. The van der Waals surface area contributed by atoms with Gasteiger partial charge in [0.25, 0.3) is 0 Å². The third-order valence-electron chi connectivity index (χ3n) is 2.10. The molecule has 14 heavy (non-hydrogen) atoms. The summed E-state index contributed by atoms with van der Waals surface area (Å²) in [5.74, 6) is -0.122. The van der Waals surface area contributed by atoms with E-state index in [1.165, 1.54) is 0 Å². The summed E-state index contributed by atoms with van der Waals surface area (Å²) in [6, 6.07) is 0. The molecule has 1 heterocycles. The highest BCUT2D eigenvalue weighted by molar-refractivity contribution is 5.85. The van der Waals surface area contributed by atoms with E-state index in [0.717, 1.165) is 19.4 Å². The minimum atomic E-state index is -0.793. The number of hydrogen-bond donors (Lipinski definition) is 2. The molecule has 0 aromatic rings. The smallest absolute Gasteiger partial charge is 0.239 e. The summed E-state index contributed by atoms with van der Waals surface area (Å²) in [6.45, 7) is 4.78. The van der Waals surface area contributed by atoms with Crippen molar-refractivity contribution in [3.63, 3.8) is 0 Å². The van der Waals surface area contributed by atoms with Gasteiger partial charge >= 0.3 is 0 Å². The third-order valence-corrected chi connectivity index (χ3v) is 2.10. The van der Waals surface area contributed by atoms with Crippen LogP contribution in [0.15, 0.2) is 0 Å². The molecule has 0 aromatic heterocycles. The Balaban J connectivity index is 0.00000169. The van der Waals surface area contributed by atoms with Crippen LogP contribution in [0.25, 0.3) is 0 Å². The van der Waals surface area contributed by atoms with Crippen molar-refractivity contribution in [2.75, 3.05) is 13.2 Å². The maximum atomic E-state index is 11.3. The van der Waals surface area contributed by atoms with E-state index in [4.69, 9.17) is 10.5 Å². The van der Waals surface area contributed by atoms with E-state index >= 15 is 0 Å². The minimum Gasteiger partial charge on any atom is -0.376 e. The second-order valence-corrected chi connectivity index (χ2v) is 4.07. The lowest BCUT2D eigenvalue weighted by molar-refractivity contribution is -0.125. The molecule has 5 heteroatoms. The largest absolute Gasteiger partial charge is 0.376 e. The number of halogens is 1. The Hall–Kier alpha value is -0.320. The molecular weight excluding hydrogens is 204 g/mol. The van der Waals surface area contributed by atoms with Crippen LogP contribution in [-0.2, 0) is 9.53 Å². The molecule has 0 aliphatic carbocycles. The topological polar surface area (TPSA) is 64.4 Å². The first-order valence-corrected chi connectivity index (χ1v) is 4.69. The van der Waals surface area contributed by atoms with Crippen molar-refractivity contribution < 1.29 is 9.53 Å². The van der Waals surface area contributed by atoms with E-state index in [2.05, 4.69) is 5.32 Å².